The number of hydrogen-bond donors (Lipinski definition) is 1. The lowest BCUT2D eigenvalue weighted by Gasteiger charge is -2.32. The smallest absolute Gasteiger partial charge is 0.275 e. The second-order valence-corrected chi connectivity index (χ2v) is 7.36. The molecule has 1 aliphatic rings. The van der Waals surface area contributed by atoms with Crippen LogP contribution in [-0.4, -0.2) is 63.8 Å². The molecule has 4 rings (SSSR count). The zero-order valence-corrected chi connectivity index (χ0v) is 16.5. The van der Waals surface area contributed by atoms with E-state index in [9.17, 15) is 4.79 Å². The first-order valence-corrected chi connectivity index (χ1v) is 9.50. The molecule has 0 radical (unpaired) electrons. The standard InChI is InChI=1S/C20H25N7O/c1-25(2)18-12-17(21-13-22-18)23-14-8-10-27(11-9-14)20(28)19-15-6-4-5-7-16(15)26(3)24-19/h4-7,12-14H,8-11H2,1-3H3,(H,21,22,23). The fraction of sp³-hybridized carbons (Fsp3) is 0.400. The highest BCUT2D eigenvalue weighted by atomic mass is 16.2. The number of piperidine rings is 1. The summed E-state index contributed by atoms with van der Waals surface area (Å²) in [6, 6.07) is 10.1. The Morgan fingerprint density at radius 1 is 1.18 bits per heavy atom. The Morgan fingerprint density at radius 3 is 2.68 bits per heavy atom. The van der Waals surface area contributed by atoms with E-state index in [1.807, 2.05) is 61.3 Å². The highest BCUT2D eigenvalue weighted by molar-refractivity contribution is 6.04. The second-order valence-electron chi connectivity index (χ2n) is 7.36. The summed E-state index contributed by atoms with van der Waals surface area (Å²) in [5.74, 6) is 1.69. The van der Waals surface area contributed by atoms with Crippen LogP contribution in [0.25, 0.3) is 10.9 Å². The number of hydrogen-bond acceptors (Lipinski definition) is 6. The fourth-order valence-corrected chi connectivity index (χ4v) is 3.63. The lowest BCUT2D eigenvalue weighted by atomic mass is 10.0. The molecule has 3 heterocycles. The Balaban J connectivity index is 1.41. The van der Waals surface area contributed by atoms with Crippen LogP contribution in [0.3, 0.4) is 0 Å². The van der Waals surface area contributed by atoms with Gasteiger partial charge >= 0.3 is 0 Å². The Labute approximate surface area is 164 Å². The molecule has 8 nitrogen and oxygen atoms in total. The molecule has 1 fully saturated rings. The quantitative estimate of drug-likeness (QED) is 0.748. The largest absolute Gasteiger partial charge is 0.367 e. The van der Waals surface area contributed by atoms with Crippen molar-refractivity contribution in [2.45, 2.75) is 18.9 Å². The summed E-state index contributed by atoms with van der Waals surface area (Å²) in [6.07, 6.45) is 3.32. The predicted octanol–water partition coefficient (Wildman–Crippen LogP) is 2.15. The highest BCUT2D eigenvalue weighted by Crippen LogP contribution is 2.22. The minimum atomic E-state index is 0.00665. The molecule has 0 aliphatic carbocycles. The monoisotopic (exact) mass is 379 g/mol. The van der Waals surface area contributed by atoms with Crippen molar-refractivity contribution in [3.05, 3.63) is 42.4 Å². The van der Waals surface area contributed by atoms with Crippen LogP contribution in [0, 0.1) is 0 Å². The number of carbonyl (C=O) groups excluding carboxylic acids is 1. The van der Waals surface area contributed by atoms with Crippen LogP contribution in [0.15, 0.2) is 36.7 Å². The molecule has 8 heteroatoms. The Bertz CT molecular complexity index is 989. The number of fused-ring (bicyclic) bond motifs is 1. The van der Waals surface area contributed by atoms with Gasteiger partial charge in [-0.15, -0.1) is 0 Å². The van der Waals surface area contributed by atoms with Crippen molar-refractivity contribution < 1.29 is 4.79 Å². The summed E-state index contributed by atoms with van der Waals surface area (Å²) in [7, 11) is 5.79. The molecule has 1 saturated heterocycles. The molecule has 3 aromatic rings. The predicted molar refractivity (Wildman–Crippen MR) is 110 cm³/mol. The van der Waals surface area contributed by atoms with E-state index in [1.54, 1.807) is 11.0 Å². The second kappa shape index (κ2) is 7.46. The first-order chi connectivity index (χ1) is 13.5. The average Bonchev–Trinajstić information content (AvgIpc) is 3.05. The van der Waals surface area contributed by atoms with E-state index in [-0.39, 0.29) is 11.9 Å². The van der Waals surface area contributed by atoms with Crippen LogP contribution < -0.4 is 10.2 Å². The number of likely N-dealkylation sites (tertiary alicyclic amines) is 1. The van der Waals surface area contributed by atoms with E-state index >= 15 is 0 Å². The van der Waals surface area contributed by atoms with Crippen molar-refractivity contribution in [1.29, 1.82) is 0 Å². The van der Waals surface area contributed by atoms with Gasteiger partial charge in [-0.2, -0.15) is 5.10 Å². The van der Waals surface area contributed by atoms with Crippen LogP contribution in [-0.2, 0) is 7.05 Å². The number of nitrogens with one attached hydrogen (secondary N) is 1. The molecule has 0 atom stereocenters. The van der Waals surface area contributed by atoms with Gasteiger partial charge in [0.15, 0.2) is 5.69 Å². The van der Waals surface area contributed by atoms with E-state index in [0.29, 0.717) is 18.8 Å². The minimum Gasteiger partial charge on any atom is -0.367 e. The lowest BCUT2D eigenvalue weighted by molar-refractivity contribution is 0.0713. The number of benzene rings is 1. The zero-order chi connectivity index (χ0) is 19.7. The molecule has 1 aliphatic heterocycles. The van der Waals surface area contributed by atoms with Crippen molar-refractivity contribution in [2.75, 3.05) is 37.4 Å². The molecule has 0 spiro atoms. The van der Waals surface area contributed by atoms with Gasteiger partial charge in [-0.3, -0.25) is 9.48 Å². The summed E-state index contributed by atoms with van der Waals surface area (Å²) in [5, 5.41) is 8.85. The van der Waals surface area contributed by atoms with E-state index in [2.05, 4.69) is 20.4 Å². The molecule has 0 saturated carbocycles. The van der Waals surface area contributed by atoms with Crippen molar-refractivity contribution >= 4 is 28.4 Å². The van der Waals surface area contributed by atoms with Gasteiger partial charge < -0.3 is 15.1 Å². The SMILES string of the molecule is CN(C)c1cc(NC2CCN(C(=O)c3nn(C)c4ccccc34)CC2)ncn1. The number of aryl methyl sites for hydroxylation is 1. The van der Waals surface area contributed by atoms with Crippen LogP contribution >= 0.6 is 0 Å². The molecule has 1 N–H and O–H groups in total. The van der Waals surface area contributed by atoms with E-state index in [0.717, 1.165) is 35.4 Å². The van der Waals surface area contributed by atoms with E-state index in [1.165, 1.54) is 0 Å². The maximum Gasteiger partial charge on any atom is 0.275 e. The molecule has 1 amide bonds. The number of rotatable bonds is 4. The highest BCUT2D eigenvalue weighted by Gasteiger charge is 2.27. The lowest BCUT2D eigenvalue weighted by Crippen LogP contribution is -2.42. The first-order valence-electron chi connectivity index (χ1n) is 9.50. The summed E-state index contributed by atoms with van der Waals surface area (Å²) in [6.45, 7) is 1.40. The van der Waals surface area contributed by atoms with Crippen molar-refractivity contribution in [3.8, 4) is 0 Å². The van der Waals surface area contributed by atoms with Gasteiger partial charge in [0, 0.05) is 51.7 Å². The summed E-state index contributed by atoms with van der Waals surface area (Å²) < 4.78 is 1.77. The maximum absolute atomic E-state index is 13.0. The third-order valence-corrected chi connectivity index (χ3v) is 5.21. The minimum absolute atomic E-state index is 0.00665. The number of aromatic nitrogens is 4. The molecule has 0 unspecified atom stereocenters. The topological polar surface area (TPSA) is 79.2 Å². The summed E-state index contributed by atoms with van der Waals surface area (Å²) in [4.78, 5) is 25.4. The van der Waals surface area contributed by atoms with Gasteiger partial charge in [-0.25, -0.2) is 9.97 Å². The van der Waals surface area contributed by atoms with Crippen molar-refractivity contribution in [1.82, 2.24) is 24.6 Å². The van der Waals surface area contributed by atoms with Crippen LogP contribution in [0.2, 0.25) is 0 Å². The van der Waals surface area contributed by atoms with Gasteiger partial charge in [-0.1, -0.05) is 18.2 Å². The van der Waals surface area contributed by atoms with Gasteiger partial charge in [0.25, 0.3) is 5.91 Å². The van der Waals surface area contributed by atoms with Crippen molar-refractivity contribution in [3.63, 3.8) is 0 Å². The van der Waals surface area contributed by atoms with Crippen LogP contribution in [0.4, 0.5) is 11.6 Å². The van der Waals surface area contributed by atoms with Crippen LogP contribution in [0.5, 0.6) is 0 Å². The summed E-state index contributed by atoms with van der Waals surface area (Å²) in [5.41, 5.74) is 1.51. The Kier molecular flexibility index (Phi) is 4.85. The number of nitrogens with zero attached hydrogens (tertiary/aromatic N) is 6. The van der Waals surface area contributed by atoms with Crippen LogP contribution in [0.1, 0.15) is 23.3 Å². The first kappa shape index (κ1) is 18.2. The normalized spacial score (nSPS) is 15.0. The molecule has 1 aromatic carbocycles. The van der Waals surface area contributed by atoms with Gasteiger partial charge in [0.05, 0.1) is 5.52 Å². The molecule has 2 aromatic heterocycles. The molecule has 28 heavy (non-hydrogen) atoms. The van der Waals surface area contributed by atoms with Gasteiger partial charge in [0.1, 0.15) is 18.0 Å². The molecule has 0 bridgehead atoms. The van der Waals surface area contributed by atoms with E-state index < -0.39 is 0 Å². The number of amides is 1. The van der Waals surface area contributed by atoms with Crippen molar-refractivity contribution in [2.24, 2.45) is 7.05 Å². The number of anilines is 2. The third kappa shape index (κ3) is 3.49. The Hall–Kier alpha value is -3.16. The van der Waals surface area contributed by atoms with Gasteiger partial charge in [-0.05, 0) is 18.9 Å². The number of carbonyl (C=O) groups is 1. The summed E-state index contributed by atoms with van der Waals surface area (Å²) >= 11 is 0. The van der Waals surface area contributed by atoms with Gasteiger partial charge in [0.2, 0.25) is 0 Å². The molecule has 146 valence electrons. The molecular weight excluding hydrogens is 354 g/mol. The average molecular weight is 379 g/mol. The third-order valence-electron chi connectivity index (χ3n) is 5.21. The maximum atomic E-state index is 13.0. The molecular formula is C20H25N7O. The Morgan fingerprint density at radius 2 is 1.93 bits per heavy atom. The zero-order valence-electron chi connectivity index (χ0n) is 16.5. The number of para-hydroxylation sites is 1. The fourth-order valence-electron chi connectivity index (χ4n) is 3.63. The van der Waals surface area contributed by atoms with E-state index in [4.69, 9.17) is 0 Å².